The SMILES string of the molecule is CNC1CCCCCC1c1nc(-c2ccco2)no1. The molecule has 1 N–H and O–H groups in total. The van der Waals surface area contributed by atoms with E-state index in [4.69, 9.17) is 8.94 Å². The fourth-order valence-electron chi connectivity index (χ4n) is 2.84. The number of hydrogen-bond acceptors (Lipinski definition) is 5. The number of furan rings is 1. The van der Waals surface area contributed by atoms with Crippen LogP contribution in [-0.4, -0.2) is 23.2 Å². The van der Waals surface area contributed by atoms with Gasteiger partial charge < -0.3 is 14.3 Å². The highest BCUT2D eigenvalue weighted by atomic mass is 16.5. The third-order valence-corrected chi connectivity index (χ3v) is 3.89. The summed E-state index contributed by atoms with van der Waals surface area (Å²) >= 11 is 0. The molecule has 2 heterocycles. The van der Waals surface area contributed by atoms with E-state index in [2.05, 4.69) is 15.5 Å². The van der Waals surface area contributed by atoms with Gasteiger partial charge in [-0.1, -0.05) is 24.4 Å². The maximum absolute atomic E-state index is 5.45. The van der Waals surface area contributed by atoms with Gasteiger partial charge in [0.1, 0.15) is 0 Å². The summed E-state index contributed by atoms with van der Waals surface area (Å²) in [6.45, 7) is 0. The average molecular weight is 261 g/mol. The smallest absolute Gasteiger partial charge is 0.238 e. The fourth-order valence-corrected chi connectivity index (χ4v) is 2.84. The summed E-state index contributed by atoms with van der Waals surface area (Å²) in [5, 5.41) is 7.41. The van der Waals surface area contributed by atoms with Gasteiger partial charge in [-0.25, -0.2) is 0 Å². The Morgan fingerprint density at radius 2 is 2.16 bits per heavy atom. The van der Waals surface area contributed by atoms with Crippen LogP contribution in [0.3, 0.4) is 0 Å². The summed E-state index contributed by atoms with van der Waals surface area (Å²) in [6.07, 6.45) is 7.66. The second kappa shape index (κ2) is 5.57. The van der Waals surface area contributed by atoms with Crippen molar-refractivity contribution in [1.82, 2.24) is 15.5 Å². The molecule has 19 heavy (non-hydrogen) atoms. The molecule has 1 aliphatic carbocycles. The molecule has 0 aliphatic heterocycles. The molecule has 2 aromatic heterocycles. The van der Waals surface area contributed by atoms with Crippen LogP contribution in [0, 0.1) is 0 Å². The van der Waals surface area contributed by atoms with Crippen molar-refractivity contribution in [1.29, 1.82) is 0 Å². The minimum Gasteiger partial charge on any atom is -0.461 e. The lowest BCUT2D eigenvalue weighted by molar-refractivity contribution is 0.310. The Bertz CT molecular complexity index is 507. The van der Waals surface area contributed by atoms with Crippen LogP contribution >= 0.6 is 0 Å². The van der Waals surface area contributed by atoms with Gasteiger partial charge in [-0.05, 0) is 32.0 Å². The molecule has 2 unspecified atom stereocenters. The van der Waals surface area contributed by atoms with Crippen LogP contribution in [0.2, 0.25) is 0 Å². The number of hydrogen-bond donors (Lipinski definition) is 1. The van der Waals surface area contributed by atoms with E-state index in [1.165, 1.54) is 25.7 Å². The van der Waals surface area contributed by atoms with Crippen molar-refractivity contribution in [3.8, 4) is 11.6 Å². The first-order valence-electron chi connectivity index (χ1n) is 6.93. The predicted octanol–water partition coefficient (Wildman–Crippen LogP) is 2.97. The third kappa shape index (κ3) is 2.56. The van der Waals surface area contributed by atoms with Gasteiger partial charge in [0.05, 0.1) is 12.2 Å². The minimum absolute atomic E-state index is 0.309. The summed E-state index contributed by atoms with van der Waals surface area (Å²) in [6, 6.07) is 4.09. The molecule has 5 heteroatoms. The van der Waals surface area contributed by atoms with Crippen molar-refractivity contribution in [3.05, 3.63) is 24.3 Å². The van der Waals surface area contributed by atoms with E-state index in [9.17, 15) is 0 Å². The van der Waals surface area contributed by atoms with Crippen LogP contribution in [-0.2, 0) is 0 Å². The first-order valence-corrected chi connectivity index (χ1v) is 6.93. The summed E-state index contributed by atoms with van der Waals surface area (Å²) < 4.78 is 10.8. The van der Waals surface area contributed by atoms with Gasteiger partial charge in [0, 0.05) is 6.04 Å². The number of likely N-dealkylation sites (N-methyl/N-ethyl adjacent to an activating group) is 1. The van der Waals surface area contributed by atoms with E-state index in [-0.39, 0.29) is 0 Å². The van der Waals surface area contributed by atoms with E-state index in [0.717, 1.165) is 12.3 Å². The Morgan fingerprint density at radius 3 is 2.95 bits per heavy atom. The molecule has 0 radical (unpaired) electrons. The first-order chi connectivity index (χ1) is 9.38. The van der Waals surface area contributed by atoms with E-state index < -0.39 is 0 Å². The van der Waals surface area contributed by atoms with Crippen LogP contribution in [0.15, 0.2) is 27.3 Å². The number of nitrogens with one attached hydrogen (secondary N) is 1. The molecule has 1 saturated carbocycles. The predicted molar refractivity (Wildman–Crippen MR) is 70.7 cm³/mol. The number of aromatic nitrogens is 2. The van der Waals surface area contributed by atoms with Crippen molar-refractivity contribution in [2.45, 2.75) is 44.1 Å². The second-order valence-corrected chi connectivity index (χ2v) is 5.07. The lowest BCUT2D eigenvalue weighted by Gasteiger charge is -2.20. The van der Waals surface area contributed by atoms with Crippen molar-refractivity contribution in [3.63, 3.8) is 0 Å². The molecule has 1 fully saturated rings. The van der Waals surface area contributed by atoms with E-state index >= 15 is 0 Å². The molecule has 0 amide bonds. The molecule has 3 rings (SSSR count). The Balaban J connectivity index is 1.84. The zero-order valence-electron chi connectivity index (χ0n) is 11.1. The topological polar surface area (TPSA) is 64.1 Å². The van der Waals surface area contributed by atoms with Crippen LogP contribution in [0.1, 0.15) is 43.9 Å². The van der Waals surface area contributed by atoms with Crippen LogP contribution < -0.4 is 5.32 Å². The molecule has 0 saturated heterocycles. The van der Waals surface area contributed by atoms with Crippen molar-refractivity contribution < 1.29 is 8.94 Å². The van der Waals surface area contributed by atoms with Crippen molar-refractivity contribution >= 4 is 0 Å². The minimum atomic E-state index is 0.309. The van der Waals surface area contributed by atoms with Gasteiger partial charge in [0.15, 0.2) is 5.76 Å². The summed E-state index contributed by atoms with van der Waals surface area (Å²) in [5.41, 5.74) is 0. The Hall–Kier alpha value is -1.62. The number of nitrogens with zero attached hydrogens (tertiary/aromatic N) is 2. The van der Waals surface area contributed by atoms with Gasteiger partial charge in [-0.15, -0.1) is 0 Å². The molecule has 1 aliphatic rings. The van der Waals surface area contributed by atoms with Crippen LogP contribution in [0.5, 0.6) is 0 Å². The average Bonchev–Trinajstić information content (AvgIpc) is 3.05. The quantitative estimate of drug-likeness (QED) is 0.860. The second-order valence-electron chi connectivity index (χ2n) is 5.07. The van der Waals surface area contributed by atoms with Crippen LogP contribution in [0.25, 0.3) is 11.6 Å². The summed E-state index contributed by atoms with van der Waals surface area (Å²) in [7, 11) is 2.01. The highest BCUT2D eigenvalue weighted by Gasteiger charge is 2.29. The van der Waals surface area contributed by atoms with Crippen LogP contribution in [0.4, 0.5) is 0 Å². The maximum atomic E-state index is 5.45. The Kier molecular flexibility index (Phi) is 3.64. The lowest BCUT2D eigenvalue weighted by Crippen LogP contribution is -2.31. The standard InChI is InChI=1S/C14H19N3O2/c1-15-11-7-4-2-3-6-10(11)14-16-13(17-19-14)12-8-5-9-18-12/h5,8-11,15H,2-4,6-7H2,1H3. The monoisotopic (exact) mass is 261 g/mol. The Morgan fingerprint density at radius 1 is 1.26 bits per heavy atom. The maximum Gasteiger partial charge on any atom is 0.238 e. The lowest BCUT2D eigenvalue weighted by atomic mass is 9.95. The van der Waals surface area contributed by atoms with Gasteiger partial charge in [-0.2, -0.15) is 4.98 Å². The molecule has 2 aromatic rings. The fraction of sp³-hybridized carbons (Fsp3) is 0.571. The largest absolute Gasteiger partial charge is 0.461 e. The molecular weight excluding hydrogens is 242 g/mol. The molecule has 0 aromatic carbocycles. The summed E-state index contributed by atoms with van der Waals surface area (Å²) in [4.78, 5) is 4.50. The van der Waals surface area contributed by atoms with Gasteiger partial charge in [0.2, 0.25) is 11.7 Å². The van der Waals surface area contributed by atoms with E-state index in [1.54, 1.807) is 6.26 Å². The first kappa shape index (κ1) is 12.4. The van der Waals surface area contributed by atoms with E-state index in [1.807, 2.05) is 19.2 Å². The highest BCUT2D eigenvalue weighted by Crippen LogP contribution is 2.32. The Labute approximate surface area is 112 Å². The number of rotatable bonds is 3. The third-order valence-electron chi connectivity index (χ3n) is 3.89. The van der Waals surface area contributed by atoms with E-state index in [0.29, 0.717) is 23.5 Å². The molecule has 2 atom stereocenters. The molecule has 5 nitrogen and oxygen atoms in total. The zero-order valence-corrected chi connectivity index (χ0v) is 11.1. The molecule has 0 spiro atoms. The van der Waals surface area contributed by atoms with Gasteiger partial charge >= 0.3 is 0 Å². The molecular formula is C14H19N3O2. The summed E-state index contributed by atoms with van der Waals surface area (Å²) in [5.74, 6) is 2.24. The van der Waals surface area contributed by atoms with Crippen molar-refractivity contribution in [2.24, 2.45) is 0 Å². The van der Waals surface area contributed by atoms with Crippen molar-refractivity contribution in [2.75, 3.05) is 7.05 Å². The zero-order chi connectivity index (χ0) is 13.1. The van der Waals surface area contributed by atoms with Gasteiger partial charge in [0.25, 0.3) is 0 Å². The molecule has 0 bridgehead atoms. The highest BCUT2D eigenvalue weighted by molar-refractivity contribution is 5.44. The van der Waals surface area contributed by atoms with Gasteiger partial charge in [-0.3, -0.25) is 0 Å². The molecule has 102 valence electrons. The normalized spacial score (nSPS) is 24.3.